The number of hydrogen-bond donors (Lipinski definition) is 1. The quantitative estimate of drug-likeness (QED) is 0.901. The molecule has 0 aromatic heterocycles. The summed E-state index contributed by atoms with van der Waals surface area (Å²) < 4.78 is 35.6. The zero-order valence-electron chi connectivity index (χ0n) is 10.0. The molecule has 0 saturated carbocycles. The third-order valence-corrected chi connectivity index (χ3v) is 5.37. The average molecular weight is 272 g/mol. The van der Waals surface area contributed by atoms with Crippen LogP contribution in [-0.4, -0.2) is 31.6 Å². The van der Waals surface area contributed by atoms with Crippen molar-refractivity contribution >= 4 is 9.84 Å². The maximum atomic E-state index is 12.8. The normalized spacial score (nSPS) is 24.0. The van der Waals surface area contributed by atoms with Gasteiger partial charge in [-0.25, -0.2) is 12.8 Å². The maximum Gasteiger partial charge on any atom is 0.150 e. The standard InChI is InChI=1S/C13H17FO3S/c14-13-3-1-10(2-4-13)7-12(8-15)11-5-6-18(16,17)9-11/h1-4,11-12,15H,5-9H2. The summed E-state index contributed by atoms with van der Waals surface area (Å²) in [6.45, 7) is -0.0302. The summed E-state index contributed by atoms with van der Waals surface area (Å²) >= 11 is 0. The van der Waals surface area contributed by atoms with Gasteiger partial charge in [-0.05, 0) is 42.4 Å². The molecule has 100 valence electrons. The first-order chi connectivity index (χ1) is 8.50. The monoisotopic (exact) mass is 272 g/mol. The molecule has 1 aliphatic rings. The molecule has 1 aromatic rings. The van der Waals surface area contributed by atoms with Gasteiger partial charge in [0.15, 0.2) is 9.84 Å². The van der Waals surface area contributed by atoms with Crippen molar-refractivity contribution in [1.82, 2.24) is 0 Å². The van der Waals surface area contributed by atoms with E-state index in [1.807, 2.05) is 0 Å². The lowest BCUT2D eigenvalue weighted by Crippen LogP contribution is -2.22. The Kier molecular flexibility index (Phi) is 4.02. The zero-order chi connectivity index (χ0) is 13.2. The molecule has 1 N–H and O–H groups in total. The largest absolute Gasteiger partial charge is 0.396 e. The third kappa shape index (κ3) is 3.29. The molecule has 1 aromatic carbocycles. The topological polar surface area (TPSA) is 54.4 Å². The Hall–Kier alpha value is -0.940. The van der Waals surface area contributed by atoms with Gasteiger partial charge in [0.2, 0.25) is 0 Å². The highest BCUT2D eigenvalue weighted by molar-refractivity contribution is 7.91. The van der Waals surface area contributed by atoms with Crippen LogP contribution in [0, 0.1) is 17.7 Å². The molecule has 0 radical (unpaired) electrons. The molecule has 0 aliphatic carbocycles. The molecule has 18 heavy (non-hydrogen) atoms. The number of aliphatic hydroxyl groups excluding tert-OH is 1. The highest BCUT2D eigenvalue weighted by atomic mass is 32.2. The van der Waals surface area contributed by atoms with Crippen LogP contribution < -0.4 is 0 Å². The van der Waals surface area contributed by atoms with E-state index in [0.717, 1.165) is 5.56 Å². The molecule has 0 amide bonds. The van der Waals surface area contributed by atoms with Crippen LogP contribution in [0.2, 0.25) is 0 Å². The number of benzene rings is 1. The van der Waals surface area contributed by atoms with E-state index in [2.05, 4.69) is 0 Å². The van der Waals surface area contributed by atoms with Gasteiger partial charge in [-0.1, -0.05) is 12.1 Å². The van der Waals surface area contributed by atoms with Crippen LogP contribution in [0.1, 0.15) is 12.0 Å². The van der Waals surface area contributed by atoms with E-state index < -0.39 is 9.84 Å². The predicted octanol–water partition coefficient (Wildman–Crippen LogP) is 1.41. The first kappa shape index (κ1) is 13.5. The zero-order valence-corrected chi connectivity index (χ0v) is 10.9. The van der Waals surface area contributed by atoms with E-state index in [4.69, 9.17) is 0 Å². The van der Waals surface area contributed by atoms with Crippen LogP contribution in [0.5, 0.6) is 0 Å². The SMILES string of the molecule is O=S1(=O)CCC(C(CO)Cc2ccc(F)cc2)C1. The van der Waals surface area contributed by atoms with E-state index in [1.165, 1.54) is 12.1 Å². The van der Waals surface area contributed by atoms with Crippen molar-refractivity contribution in [1.29, 1.82) is 0 Å². The third-order valence-electron chi connectivity index (χ3n) is 3.58. The summed E-state index contributed by atoms with van der Waals surface area (Å²) in [5.74, 6) is 0.0531. The summed E-state index contributed by atoms with van der Waals surface area (Å²) in [5.41, 5.74) is 0.930. The van der Waals surface area contributed by atoms with Gasteiger partial charge in [0.1, 0.15) is 5.82 Å². The van der Waals surface area contributed by atoms with Crippen LogP contribution in [0.15, 0.2) is 24.3 Å². The summed E-state index contributed by atoms with van der Waals surface area (Å²) in [7, 11) is -2.92. The number of sulfone groups is 1. The van der Waals surface area contributed by atoms with Crippen molar-refractivity contribution < 1.29 is 17.9 Å². The van der Waals surface area contributed by atoms with Gasteiger partial charge in [-0.15, -0.1) is 0 Å². The van der Waals surface area contributed by atoms with E-state index in [9.17, 15) is 17.9 Å². The molecule has 1 fully saturated rings. The molecule has 2 rings (SSSR count). The summed E-state index contributed by atoms with van der Waals surface area (Å²) in [5, 5.41) is 9.40. The first-order valence-corrected chi connectivity index (χ1v) is 7.88. The smallest absolute Gasteiger partial charge is 0.150 e. The van der Waals surface area contributed by atoms with Gasteiger partial charge >= 0.3 is 0 Å². The number of hydrogen-bond acceptors (Lipinski definition) is 3. The fraction of sp³-hybridized carbons (Fsp3) is 0.538. The van der Waals surface area contributed by atoms with Crippen molar-refractivity contribution in [3.8, 4) is 0 Å². The van der Waals surface area contributed by atoms with E-state index >= 15 is 0 Å². The molecule has 1 heterocycles. The lowest BCUT2D eigenvalue weighted by atomic mass is 9.87. The van der Waals surface area contributed by atoms with Gasteiger partial charge < -0.3 is 5.11 Å². The van der Waals surface area contributed by atoms with Crippen LogP contribution in [0.4, 0.5) is 4.39 Å². The summed E-state index contributed by atoms with van der Waals surface area (Å²) in [4.78, 5) is 0. The van der Waals surface area contributed by atoms with E-state index in [-0.39, 0.29) is 35.8 Å². The molecule has 0 bridgehead atoms. The Balaban J connectivity index is 2.04. The second-order valence-electron chi connectivity index (χ2n) is 4.94. The van der Waals surface area contributed by atoms with Crippen molar-refractivity contribution in [2.45, 2.75) is 12.8 Å². The predicted molar refractivity (Wildman–Crippen MR) is 67.4 cm³/mol. The Morgan fingerprint density at radius 1 is 1.33 bits per heavy atom. The summed E-state index contributed by atoms with van der Waals surface area (Å²) in [6, 6.07) is 6.13. The molecular formula is C13H17FO3S. The van der Waals surface area contributed by atoms with Gasteiger partial charge in [0.25, 0.3) is 0 Å². The number of halogens is 1. The minimum absolute atomic E-state index is 0.0186. The van der Waals surface area contributed by atoms with Crippen LogP contribution in [-0.2, 0) is 16.3 Å². The molecular weight excluding hydrogens is 255 g/mol. The fourth-order valence-corrected chi connectivity index (χ4v) is 4.42. The van der Waals surface area contributed by atoms with Gasteiger partial charge in [0.05, 0.1) is 11.5 Å². The average Bonchev–Trinajstić information content (AvgIpc) is 2.69. The molecule has 1 aliphatic heterocycles. The maximum absolute atomic E-state index is 12.8. The van der Waals surface area contributed by atoms with E-state index in [1.54, 1.807) is 12.1 Å². The molecule has 2 unspecified atom stereocenters. The van der Waals surface area contributed by atoms with Crippen LogP contribution in [0.3, 0.4) is 0 Å². The first-order valence-electron chi connectivity index (χ1n) is 6.06. The van der Waals surface area contributed by atoms with Crippen molar-refractivity contribution in [2.75, 3.05) is 18.1 Å². The van der Waals surface area contributed by atoms with Crippen molar-refractivity contribution in [3.63, 3.8) is 0 Å². The molecule has 3 nitrogen and oxygen atoms in total. The second kappa shape index (κ2) is 5.36. The molecule has 2 atom stereocenters. The highest BCUT2D eigenvalue weighted by Gasteiger charge is 2.33. The Morgan fingerprint density at radius 2 is 2.00 bits per heavy atom. The molecule has 1 saturated heterocycles. The Morgan fingerprint density at radius 3 is 2.50 bits per heavy atom. The highest BCUT2D eigenvalue weighted by Crippen LogP contribution is 2.28. The Labute approximate surface area is 107 Å². The van der Waals surface area contributed by atoms with Crippen LogP contribution in [0.25, 0.3) is 0 Å². The van der Waals surface area contributed by atoms with Crippen molar-refractivity contribution in [3.05, 3.63) is 35.6 Å². The Bertz CT molecular complexity index is 495. The van der Waals surface area contributed by atoms with Gasteiger partial charge in [-0.2, -0.15) is 0 Å². The van der Waals surface area contributed by atoms with Gasteiger partial charge in [0, 0.05) is 6.61 Å². The molecule has 0 spiro atoms. The lowest BCUT2D eigenvalue weighted by molar-refractivity contribution is 0.184. The number of aliphatic hydroxyl groups is 1. The van der Waals surface area contributed by atoms with Crippen LogP contribution >= 0.6 is 0 Å². The fourth-order valence-electron chi connectivity index (χ4n) is 2.50. The van der Waals surface area contributed by atoms with Gasteiger partial charge in [-0.3, -0.25) is 0 Å². The lowest BCUT2D eigenvalue weighted by Gasteiger charge is -2.20. The van der Waals surface area contributed by atoms with E-state index in [0.29, 0.717) is 12.8 Å². The minimum Gasteiger partial charge on any atom is -0.396 e. The number of rotatable bonds is 4. The second-order valence-corrected chi connectivity index (χ2v) is 7.17. The minimum atomic E-state index is -2.92. The summed E-state index contributed by atoms with van der Waals surface area (Å²) in [6.07, 6.45) is 1.21. The molecule has 5 heteroatoms. The van der Waals surface area contributed by atoms with Crippen molar-refractivity contribution in [2.24, 2.45) is 11.8 Å².